The van der Waals surface area contributed by atoms with Gasteiger partial charge in [-0.2, -0.15) is 4.68 Å². The average molecular weight is 250 g/mol. The van der Waals surface area contributed by atoms with Gasteiger partial charge >= 0.3 is 0 Å². The summed E-state index contributed by atoms with van der Waals surface area (Å²) in [5, 5.41) is 12.3. The number of methoxy groups -OCH3 is 1. The van der Waals surface area contributed by atoms with E-state index in [2.05, 4.69) is 36.2 Å². The number of ether oxygens (including phenoxy) is 1. The predicted molar refractivity (Wildman–Crippen MR) is 67.8 cm³/mol. The first kappa shape index (κ1) is 12.4. The first-order valence-electron chi connectivity index (χ1n) is 5.64. The molecule has 0 aliphatic rings. The van der Waals surface area contributed by atoms with Gasteiger partial charge in [-0.25, -0.2) is 4.68 Å². The molecule has 7 nitrogen and oxygen atoms in total. The van der Waals surface area contributed by atoms with E-state index in [1.54, 1.807) is 29.6 Å². The highest BCUT2D eigenvalue weighted by molar-refractivity contribution is 5.43. The van der Waals surface area contributed by atoms with Crippen LogP contribution in [0.5, 0.6) is 5.88 Å². The molecular weight excluding hydrogens is 232 g/mol. The number of hydrogen-bond acceptors (Lipinski definition) is 5. The second kappa shape index (κ2) is 4.01. The molecule has 0 aromatic carbocycles. The lowest BCUT2D eigenvalue weighted by molar-refractivity contribution is 0.373. The molecule has 2 aromatic rings. The molecule has 2 N–H and O–H groups in total. The summed E-state index contributed by atoms with van der Waals surface area (Å²) in [6.07, 6.45) is 0. The minimum atomic E-state index is -0.168. The minimum absolute atomic E-state index is 0.168. The molecule has 18 heavy (non-hydrogen) atoms. The molecule has 7 heteroatoms. The number of nitrogens with two attached hydrogens (primary N) is 1. The van der Waals surface area contributed by atoms with E-state index in [0.29, 0.717) is 17.5 Å². The van der Waals surface area contributed by atoms with Gasteiger partial charge in [0, 0.05) is 18.5 Å². The van der Waals surface area contributed by atoms with Crippen LogP contribution in [-0.4, -0.2) is 31.9 Å². The molecule has 2 aromatic heterocycles. The number of nitrogen functional groups attached to an aromatic ring is 1. The van der Waals surface area contributed by atoms with Crippen molar-refractivity contribution >= 4 is 5.82 Å². The lowest BCUT2D eigenvalue weighted by Gasteiger charge is -2.18. The van der Waals surface area contributed by atoms with Crippen molar-refractivity contribution in [1.29, 1.82) is 0 Å². The number of aryl methyl sites for hydroxylation is 1. The SMILES string of the molecule is COc1cc(-n2nnc(N)c2C(C)(C)C)nn1C. The summed E-state index contributed by atoms with van der Waals surface area (Å²) in [6, 6.07) is 1.80. The Morgan fingerprint density at radius 2 is 2.00 bits per heavy atom. The first-order chi connectivity index (χ1) is 8.34. The summed E-state index contributed by atoms with van der Waals surface area (Å²) in [6.45, 7) is 6.16. The van der Waals surface area contributed by atoms with Crippen molar-refractivity contribution in [2.45, 2.75) is 26.2 Å². The van der Waals surface area contributed by atoms with Crippen LogP contribution < -0.4 is 10.5 Å². The number of aromatic nitrogens is 5. The Labute approximate surface area is 106 Å². The third kappa shape index (κ3) is 1.92. The highest BCUT2D eigenvalue weighted by Gasteiger charge is 2.26. The standard InChI is InChI=1S/C11H18N6O/c1-11(2,3)9-10(12)13-15-17(9)7-6-8(18-5)16(4)14-7/h6H,12H2,1-5H3. The normalized spacial score (nSPS) is 11.8. The quantitative estimate of drug-likeness (QED) is 0.855. The Balaban J connectivity index is 2.57. The van der Waals surface area contributed by atoms with E-state index in [9.17, 15) is 0 Å². The van der Waals surface area contributed by atoms with E-state index in [1.807, 2.05) is 0 Å². The van der Waals surface area contributed by atoms with Crippen molar-refractivity contribution in [3.8, 4) is 11.7 Å². The molecule has 0 fully saturated rings. The average Bonchev–Trinajstić information content (AvgIpc) is 2.80. The first-order valence-corrected chi connectivity index (χ1v) is 5.64. The van der Waals surface area contributed by atoms with Crippen LogP contribution >= 0.6 is 0 Å². The van der Waals surface area contributed by atoms with Crippen LogP contribution in [0.25, 0.3) is 5.82 Å². The number of anilines is 1. The lowest BCUT2D eigenvalue weighted by atomic mass is 9.92. The van der Waals surface area contributed by atoms with Crippen molar-refractivity contribution < 1.29 is 4.74 Å². The summed E-state index contributed by atoms with van der Waals surface area (Å²) >= 11 is 0. The van der Waals surface area contributed by atoms with E-state index < -0.39 is 0 Å². The fourth-order valence-corrected chi connectivity index (χ4v) is 1.89. The zero-order chi connectivity index (χ0) is 13.5. The molecule has 0 amide bonds. The van der Waals surface area contributed by atoms with Crippen molar-refractivity contribution in [1.82, 2.24) is 24.8 Å². The van der Waals surface area contributed by atoms with Gasteiger partial charge in [0.2, 0.25) is 5.88 Å². The molecular formula is C11H18N6O. The van der Waals surface area contributed by atoms with Gasteiger partial charge in [-0.3, -0.25) is 0 Å². The van der Waals surface area contributed by atoms with E-state index in [4.69, 9.17) is 10.5 Å². The zero-order valence-electron chi connectivity index (χ0n) is 11.3. The van der Waals surface area contributed by atoms with Gasteiger partial charge in [0.1, 0.15) is 0 Å². The maximum Gasteiger partial charge on any atom is 0.213 e. The monoisotopic (exact) mass is 250 g/mol. The van der Waals surface area contributed by atoms with Crippen LogP contribution in [0.1, 0.15) is 26.5 Å². The fraction of sp³-hybridized carbons (Fsp3) is 0.545. The second-order valence-corrected chi connectivity index (χ2v) is 5.15. The Morgan fingerprint density at radius 1 is 1.33 bits per heavy atom. The molecule has 0 radical (unpaired) electrons. The summed E-state index contributed by atoms with van der Waals surface area (Å²) in [4.78, 5) is 0. The maximum absolute atomic E-state index is 5.88. The number of hydrogen-bond donors (Lipinski definition) is 1. The predicted octanol–water partition coefficient (Wildman–Crippen LogP) is 0.889. The topological polar surface area (TPSA) is 83.8 Å². The van der Waals surface area contributed by atoms with E-state index in [1.165, 1.54) is 0 Å². The van der Waals surface area contributed by atoms with Gasteiger partial charge in [0.15, 0.2) is 11.6 Å². The van der Waals surface area contributed by atoms with Crippen LogP contribution in [0.4, 0.5) is 5.82 Å². The minimum Gasteiger partial charge on any atom is -0.481 e. The highest BCUT2D eigenvalue weighted by atomic mass is 16.5. The Hall–Kier alpha value is -2.05. The Bertz CT molecular complexity index is 563. The van der Waals surface area contributed by atoms with Crippen molar-refractivity contribution in [2.75, 3.05) is 12.8 Å². The van der Waals surface area contributed by atoms with E-state index in [-0.39, 0.29) is 5.41 Å². The number of rotatable bonds is 2. The third-order valence-electron chi connectivity index (χ3n) is 2.66. The summed E-state index contributed by atoms with van der Waals surface area (Å²) in [7, 11) is 3.40. The summed E-state index contributed by atoms with van der Waals surface area (Å²) in [5.41, 5.74) is 6.55. The second-order valence-electron chi connectivity index (χ2n) is 5.15. The van der Waals surface area contributed by atoms with E-state index >= 15 is 0 Å². The van der Waals surface area contributed by atoms with E-state index in [0.717, 1.165) is 5.69 Å². The van der Waals surface area contributed by atoms with Crippen molar-refractivity contribution in [2.24, 2.45) is 7.05 Å². The Morgan fingerprint density at radius 3 is 2.50 bits per heavy atom. The summed E-state index contributed by atoms with van der Waals surface area (Å²) < 4.78 is 8.48. The molecule has 2 rings (SSSR count). The largest absolute Gasteiger partial charge is 0.481 e. The van der Waals surface area contributed by atoms with Gasteiger partial charge in [0.25, 0.3) is 0 Å². The molecule has 0 saturated carbocycles. The lowest BCUT2D eigenvalue weighted by Crippen LogP contribution is -2.19. The van der Waals surface area contributed by atoms with Crippen LogP contribution in [0.15, 0.2) is 6.07 Å². The van der Waals surface area contributed by atoms with Crippen LogP contribution in [0, 0.1) is 0 Å². The molecule has 0 bridgehead atoms. The molecule has 0 atom stereocenters. The Kier molecular flexibility index (Phi) is 2.76. The summed E-state index contributed by atoms with van der Waals surface area (Å²) in [5.74, 6) is 1.72. The van der Waals surface area contributed by atoms with Gasteiger partial charge in [-0.1, -0.05) is 26.0 Å². The maximum atomic E-state index is 5.88. The van der Waals surface area contributed by atoms with Gasteiger partial charge in [-0.05, 0) is 0 Å². The van der Waals surface area contributed by atoms with Gasteiger partial charge in [0.05, 0.1) is 12.8 Å². The van der Waals surface area contributed by atoms with Crippen molar-refractivity contribution in [3.05, 3.63) is 11.8 Å². The van der Waals surface area contributed by atoms with Crippen LogP contribution in [0.2, 0.25) is 0 Å². The molecule has 0 unspecified atom stereocenters. The van der Waals surface area contributed by atoms with Gasteiger partial charge < -0.3 is 10.5 Å². The molecule has 2 heterocycles. The molecule has 0 spiro atoms. The zero-order valence-corrected chi connectivity index (χ0v) is 11.3. The smallest absolute Gasteiger partial charge is 0.213 e. The van der Waals surface area contributed by atoms with Crippen molar-refractivity contribution in [3.63, 3.8) is 0 Å². The van der Waals surface area contributed by atoms with Crippen LogP contribution in [0.3, 0.4) is 0 Å². The van der Waals surface area contributed by atoms with Gasteiger partial charge in [-0.15, -0.1) is 10.2 Å². The highest BCUT2D eigenvalue weighted by Crippen LogP contribution is 2.28. The molecule has 0 saturated heterocycles. The van der Waals surface area contributed by atoms with Crippen LogP contribution in [-0.2, 0) is 12.5 Å². The number of nitrogens with zero attached hydrogens (tertiary/aromatic N) is 5. The molecule has 98 valence electrons. The third-order valence-corrected chi connectivity index (χ3v) is 2.66. The molecule has 0 aliphatic heterocycles. The molecule has 0 aliphatic carbocycles. The fourth-order valence-electron chi connectivity index (χ4n) is 1.89.